The van der Waals surface area contributed by atoms with Gasteiger partial charge in [-0.1, -0.05) is 6.07 Å². The maximum absolute atomic E-state index is 14.3. The summed E-state index contributed by atoms with van der Waals surface area (Å²) in [5.74, 6) is -0.520. The largest absolute Gasteiger partial charge is 0.300 e. The quantitative estimate of drug-likeness (QED) is 0.796. The first kappa shape index (κ1) is 13.8. The molecule has 0 amide bonds. The molecule has 2 aliphatic rings. The van der Waals surface area contributed by atoms with Crippen LogP contribution in [0.5, 0.6) is 0 Å². The molecule has 114 valence electrons. The van der Waals surface area contributed by atoms with Crippen LogP contribution in [0, 0.1) is 11.7 Å². The predicted molar refractivity (Wildman–Crippen MR) is 83.3 cm³/mol. The molecule has 3 heterocycles. The van der Waals surface area contributed by atoms with E-state index in [0.29, 0.717) is 17.6 Å². The average Bonchev–Trinajstić information content (AvgIpc) is 2.75. The van der Waals surface area contributed by atoms with Crippen molar-refractivity contribution in [3.05, 3.63) is 41.8 Å². The highest BCUT2D eigenvalue weighted by atomic mass is 19.1. The first-order valence-corrected chi connectivity index (χ1v) is 7.94. The van der Waals surface area contributed by atoms with Crippen molar-refractivity contribution in [3.8, 4) is 0 Å². The lowest BCUT2D eigenvalue weighted by molar-refractivity contribution is 0.0763. The minimum absolute atomic E-state index is 0.0340. The van der Waals surface area contributed by atoms with E-state index in [1.165, 1.54) is 6.07 Å². The van der Waals surface area contributed by atoms with Gasteiger partial charge in [-0.3, -0.25) is 9.78 Å². The van der Waals surface area contributed by atoms with Gasteiger partial charge in [0.15, 0.2) is 5.78 Å². The van der Waals surface area contributed by atoms with Gasteiger partial charge in [0.25, 0.3) is 0 Å². The second-order valence-electron chi connectivity index (χ2n) is 6.61. The summed E-state index contributed by atoms with van der Waals surface area (Å²) in [7, 11) is 2.14. The normalized spacial score (nSPS) is 28.2. The van der Waals surface area contributed by atoms with Crippen LogP contribution in [0.2, 0.25) is 0 Å². The molecule has 2 atom stereocenters. The van der Waals surface area contributed by atoms with Gasteiger partial charge in [0, 0.05) is 35.7 Å². The molecule has 2 aromatic rings. The number of aromatic nitrogens is 1. The zero-order valence-corrected chi connectivity index (χ0v) is 12.6. The number of benzene rings is 1. The number of carbonyl (C=O) groups is 1. The third-order valence-electron chi connectivity index (χ3n) is 5.43. The molecule has 2 saturated heterocycles. The predicted octanol–water partition coefficient (Wildman–Crippen LogP) is 3.43. The summed E-state index contributed by atoms with van der Waals surface area (Å²) < 4.78 is 14.3. The Hall–Kier alpha value is -1.81. The minimum atomic E-state index is -0.442. The van der Waals surface area contributed by atoms with Gasteiger partial charge in [0.1, 0.15) is 5.82 Å². The van der Waals surface area contributed by atoms with Crippen molar-refractivity contribution >= 4 is 16.7 Å². The zero-order valence-electron chi connectivity index (χ0n) is 12.6. The van der Waals surface area contributed by atoms with E-state index in [-0.39, 0.29) is 17.3 Å². The van der Waals surface area contributed by atoms with Gasteiger partial charge in [-0.25, -0.2) is 4.39 Å². The highest BCUT2D eigenvalue weighted by molar-refractivity contribution is 6.01. The van der Waals surface area contributed by atoms with E-state index in [0.717, 1.165) is 31.1 Å². The molecule has 2 bridgehead atoms. The Balaban J connectivity index is 1.67. The molecule has 22 heavy (non-hydrogen) atoms. The first-order chi connectivity index (χ1) is 10.6. The fourth-order valence-corrected chi connectivity index (χ4v) is 4.13. The van der Waals surface area contributed by atoms with Gasteiger partial charge in [-0.15, -0.1) is 0 Å². The SMILES string of the molecule is CN1C2CCC1CC(C(=O)c1cc3cccnc3cc1F)C2. The molecule has 3 nitrogen and oxygen atoms in total. The van der Waals surface area contributed by atoms with Crippen molar-refractivity contribution in [2.45, 2.75) is 37.8 Å². The molecule has 0 aliphatic carbocycles. The van der Waals surface area contributed by atoms with Crippen molar-refractivity contribution in [3.63, 3.8) is 0 Å². The summed E-state index contributed by atoms with van der Waals surface area (Å²) in [5.41, 5.74) is 0.828. The molecule has 1 aromatic carbocycles. The monoisotopic (exact) mass is 298 g/mol. The third kappa shape index (κ3) is 2.13. The summed E-state index contributed by atoms with van der Waals surface area (Å²) in [6.45, 7) is 0. The van der Waals surface area contributed by atoms with Crippen molar-refractivity contribution in [1.29, 1.82) is 0 Å². The Labute approximate surface area is 129 Å². The lowest BCUT2D eigenvalue weighted by Gasteiger charge is -2.35. The molecule has 4 rings (SSSR count). The Bertz CT molecular complexity index is 731. The molecular weight excluding hydrogens is 279 g/mol. The van der Waals surface area contributed by atoms with E-state index in [4.69, 9.17) is 0 Å². The summed E-state index contributed by atoms with van der Waals surface area (Å²) in [6, 6.07) is 7.70. The lowest BCUT2D eigenvalue weighted by Crippen LogP contribution is -2.42. The number of piperidine rings is 1. The summed E-state index contributed by atoms with van der Waals surface area (Å²) in [6.07, 6.45) is 5.68. The fraction of sp³-hybridized carbons (Fsp3) is 0.444. The number of carbonyl (C=O) groups excluding carboxylic acids is 1. The van der Waals surface area contributed by atoms with E-state index in [9.17, 15) is 9.18 Å². The van der Waals surface area contributed by atoms with Gasteiger partial charge in [-0.2, -0.15) is 0 Å². The second-order valence-corrected chi connectivity index (χ2v) is 6.61. The van der Waals surface area contributed by atoms with Crippen LogP contribution < -0.4 is 0 Å². The third-order valence-corrected chi connectivity index (χ3v) is 5.43. The van der Waals surface area contributed by atoms with Crippen LogP contribution in [-0.2, 0) is 0 Å². The lowest BCUT2D eigenvalue weighted by atomic mass is 9.84. The molecule has 4 heteroatoms. The number of hydrogen-bond donors (Lipinski definition) is 0. The molecule has 0 saturated carbocycles. The number of pyridine rings is 1. The smallest absolute Gasteiger partial charge is 0.169 e. The van der Waals surface area contributed by atoms with Crippen molar-refractivity contribution < 1.29 is 9.18 Å². The van der Waals surface area contributed by atoms with Crippen molar-refractivity contribution in [2.24, 2.45) is 5.92 Å². The number of halogens is 1. The molecule has 0 spiro atoms. The maximum atomic E-state index is 14.3. The standard InChI is InChI=1S/C18H19FN2O/c1-21-13-4-5-14(21)8-12(7-13)18(22)15-9-11-3-2-6-20-17(11)10-16(15)19/h2-3,6,9-10,12-14H,4-5,7-8H2,1H3. The van der Waals surface area contributed by atoms with Crippen LogP contribution in [0.1, 0.15) is 36.0 Å². The Morgan fingerprint density at radius 2 is 2.00 bits per heavy atom. The molecule has 0 radical (unpaired) electrons. The van der Waals surface area contributed by atoms with Crippen LogP contribution in [0.3, 0.4) is 0 Å². The number of nitrogens with zero attached hydrogens (tertiary/aromatic N) is 2. The molecular formula is C18H19FN2O. The summed E-state index contributed by atoms with van der Waals surface area (Å²) in [5, 5.41) is 0.822. The topological polar surface area (TPSA) is 33.2 Å². The van der Waals surface area contributed by atoms with Crippen LogP contribution in [0.15, 0.2) is 30.5 Å². The minimum Gasteiger partial charge on any atom is -0.300 e. The van der Waals surface area contributed by atoms with E-state index in [2.05, 4.69) is 16.9 Å². The molecule has 2 unspecified atom stereocenters. The summed E-state index contributed by atoms with van der Waals surface area (Å²) >= 11 is 0. The molecule has 2 fully saturated rings. The summed E-state index contributed by atoms with van der Waals surface area (Å²) in [4.78, 5) is 19.3. The van der Waals surface area contributed by atoms with Crippen molar-refractivity contribution in [2.75, 3.05) is 7.05 Å². The molecule has 2 aliphatic heterocycles. The Morgan fingerprint density at radius 3 is 2.73 bits per heavy atom. The van der Waals surface area contributed by atoms with E-state index >= 15 is 0 Å². The molecule has 1 aromatic heterocycles. The van der Waals surface area contributed by atoms with Crippen LogP contribution in [-0.4, -0.2) is 34.8 Å². The van der Waals surface area contributed by atoms with Crippen molar-refractivity contribution in [1.82, 2.24) is 9.88 Å². The number of Topliss-reactive ketones (excluding diaryl/α,β-unsaturated/α-hetero) is 1. The van der Waals surface area contributed by atoms with Crippen LogP contribution in [0.25, 0.3) is 10.9 Å². The van der Waals surface area contributed by atoms with Crippen LogP contribution in [0.4, 0.5) is 4.39 Å². The number of hydrogen-bond acceptors (Lipinski definition) is 3. The van der Waals surface area contributed by atoms with E-state index < -0.39 is 5.82 Å². The first-order valence-electron chi connectivity index (χ1n) is 7.94. The fourth-order valence-electron chi connectivity index (χ4n) is 4.13. The average molecular weight is 298 g/mol. The second kappa shape index (κ2) is 5.13. The van der Waals surface area contributed by atoms with Gasteiger partial charge in [-0.05, 0) is 44.9 Å². The van der Waals surface area contributed by atoms with E-state index in [1.807, 2.05) is 12.1 Å². The molecule has 0 N–H and O–H groups in total. The van der Waals surface area contributed by atoms with Crippen LogP contribution >= 0.6 is 0 Å². The zero-order chi connectivity index (χ0) is 15.3. The Morgan fingerprint density at radius 1 is 1.27 bits per heavy atom. The maximum Gasteiger partial charge on any atom is 0.169 e. The van der Waals surface area contributed by atoms with Gasteiger partial charge in [0.2, 0.25) is 0 Å². The van der Waals surface area contributed by atoms with Gasteiger partial charge >= 0.3 is 0 Å². The Kier molecular flexibility index (Phi) is 3.22. The van der Waals surface area contributed by atoms with E-state index in [1.54, 1.807) is 12.3 Å². The highest BCUT2D eigenvalue weighted by Crippen LogP contribution is 2.39. The number of rotatable bonds is 2. The number of fused-ring (bicyclic) bond motifs is 3. The number of ketones is 1. The van der Waals surface area contributed by atoms with Gasteiger partial charge in [0.05, 0.1) is 11.1 Å². The van der Waals surface area contributed by atoms with Gasteiger partial charge < -0.3 is 4.90 Å². The highest BCUT2D eigenvalue weighted by Gasteiger charge is 2.41.